The van der Waals surface area contributed by atoms with Gasteiger partial charge in [0.2, 0.25) is 0 Å². The van der Waals surface area contributed by atoms with Crippen molar-refractivity contribution in [2.75, 3.05) is 12.3 Å². The molecule has 0 saturated carbocycles. The number of carboxylic acid groups (broad SMARTS) is 1. The highest BCUT2D eigenvalue weighted by Gasteiger charge is 2.32. The van der Waals surface area contributed by atoms with Crippen LogP contribution in [0.5, 0.6) is 0 Å². The third kappa shape index (κ3) is 3.73. The minimum atomic E-state index is -0.910. The quantitative estimate of drug-likeness (QED) is 0.724. The van der Waals surface area contributed by atoms with Crippen molar-refractivity contribution in [3.63, 3.8) is 0 Å². The Kier molecular flexibility index (Phi) is 5.17. The number of hydrogen-bond acceptors (Lipinski definition) is 6. The van der Waals surface area contributed by atoms with Crippen molar-refractivity contribution in [2.24, 2.45) is 0 Å². The molecule has 1 atom stereocenters. The highest BCUT2D eigenvalue weighted by Crippen LogP contribution is 2.23. The van der Waals surface area contributed by atoms with E-state index in [0.29, 0.717) is 12.3 Å². The predicted molar refractivity (Wildman–Crippen MR) is 65.0 cm³/mol. The third-order valence-corrected chi connectivity index (χ3v) is 4.24. The van der Waals surface area contributed by atoms with E-state index in [0.717, 1.165) is 10.8 Å². The van der Waals surface area contributed by atoms with Gasteiger partial charge in [0.15, 0.2) is 4.34 Å². The van der Waals surface area contributed by atoms with Crippen molar-refractivity contribution < 1.29 is 9.90 Å². The second-order valence-corrected chi connectivity index (χ2v) is 5.61. The van der Waals surface area contributed by atoms with Crippen LogP contribution in [0.2, 0.25) is 0 Å². The molecule has 0 radical (unpaired) electrons. The normalized spacial score (nSPS) is 14.6. The van der Waals surface area contributed by atoms with E-state index in [1.165, 1.54) is 23.1 Å². The molecule has 0 aliphatic rings. The van der Waals surface area contributed by atoms with E-state index < -0.39 is 11.5 Å². The van der Waals surface area contributed by atoms with E-state index in [4.69, 9.17) is 0 Å². The van der Waals surface area contributed by atoms with Gasteiger partial charge in [-0.05, 0) is 19.9 Å². The summed E-state index contributed by atoms with van der Waals surface area (Å²) in [5.74, 6) is -0.393. The summed E-state index contributed by atoms with van der Waals surface area (Å²) >= 11 is 2.83. The number of aromatic nitrogens is 2. The molecule has 0 aromatic carbocycles. The minimum absolute atomic E-state index is 0.442. The Morgan fingerprint density at radius 1 is 1.75 bits per heavy atom. The second kappa shape index (κ2) is 6.17. The number of thioether (sulfide) groups is 1. The Morgan fingerprint density at radius 3 is 3.00 bits per heavy atom. The lowest BCUT2D eigenvalue weighted by Gasteiger charge is -2.25. The molecule has 5 nitrogen and oxygen atoms in total. The van der Waals surface area contributed by atoms with Gasteiger partial charge in [0.05, 0.1) is 0 Å². The van der Waals surface area contributed by atoms with Crippen LogP contribution >= 0.6 is 23.1 Å². The zero-order chi connectivity index (χ0) is 12.0. The Labute approximate surface area is 103 Å². The SMILES string of the molecule is CCCNC(C)(CSc1nncs1)C(=O)O. The summed E-state index contributed by atoms with van der Waals surface area (Å²) in [6, 6.07) is 0. The van der Waals surface area contributed by atoms with Gasteiger partial charge >= 0.3 is 5.97 Å². The minimum Gasteiger partial charge on any atom is -0.480 e. The number of hydrogen-bond donors (Lipinski definition) is 2. The summed E-state index contributed by atoms with van der Waals surface area (Å²) in [7, 11) is 0. The van der Waals surface area contributed by atoms with E-state index in [1.807, 2.05) is 6.92 Å². The number of nitrogens with one attached hydrogen (secondary N) is 1. The average molecular weight is 261 g/mol. The first-order chi connectivity index (χ1) is 7.58. The first kappa shape index (κ1) is 13.4. The summed E-state index contributed by atoms with van der Waals surface area (Å²) in [5, 5.41) is 19.8. The fraction of sp³-hybridized carbons (Fsp3) is 0.667. The maximum absolute atomic E-state index is 11.2. The van der Waals surface area contributed by atoms with Gasteiger partial charge in [0.25, 0.3) is 0 Å². The Bertz CT molecular complexity index is 332. The molecule has 1 heterocycles. The summed E-state index contributed by atoms with van der Waals surface area (Å²) in [5.41, 5.74) is 0.728. The van der Waals surface area contributed by atoms with Gasteiger partial charge in [-0.2, -0.15) is 0 Å². The highest BCUT2D eigenvalue weighted by molar-refractivity contribution is 8.01. The van der Waals surface area contributed by atoms with E-state index in [2.05, 4.69) is 15.5 Å². The molecule has 1 rings (SSSR count). The summed E-state index contributed by atoms with van der Waals surface area (Å²) in [6.45, 7) is 4.39. The van der Waals surface area contributed by atoms with E-state index >= 15 is 0 Å². The molecule has 0 amide bonds. The van der Waals surface area contributed by atoms with Gasteiger partial charge in [0, 0.05) is 5.75 Å². The molecule has 1 aromatic rings. The predicted octanol–water partition coefficient (Wildman–Crippen LogP) is 1.47. The standard InChI is InChI=1S/C9H15N3O2S2/c1-3-4-10-9(2,7(13)14)5-15-8-12-11-6-16-8/h6,10H,3-5H2,1-2H3,(H,13,14). The first-order valence-electron chi connectivity index (χ1n) is 4.96. The van der Waals surface area contributed by atoms with Crippen molar-refractivity contribution in [1.29, 1.82) is 0 Å². The van der Waals surface area contributed by atoms with E-state index in [-0.39, 0.29) is 0 Å². The zero-order valence-electron chi connectivity index (χ0n) is 9.27. The van der Waals surface area contributed by atoms with Gasteiger partial charge in [-0.1, -0.05) is 30.0 Å². The van der Waals surface area contributed by atoms with Crippen molar-refractivity contribution in [2.45, 2.75) is 30.1 Å². The molecule has 1 aromatic heterocycles. The molecule has 16 heavy (non-hydrogen) atoms. The Morgan fingerprint density at radius 2 is 2.50 bits per heavy atom. The van der Waals surface area contributed by atoms with Crippen molar-refractivity contribution in [3.05, 3.63) is 5.51 Å². The molecular weight excluding hydrogens is 246 g/mol. The van der Waals surface area contributed by atoms with Gasteiger partial charge in [-0.15, -0.1) is 10.2 Å². The van der Waals surface area contributed by atoms with Crippen LogP contribution < -0.4 is 5.32 Å². The fourth-order valence-electron chi connectivity index (χ4n) is 1.02. The molecular formula is C9H15N3O2S2. The monoisotopic (exact) mass is 261 g/mol. The lowest BCUT2D eigenvalue weighted by atomic mass is 10.1. The van der Waals surface area contributed by atoms with Crippen molar-refractivity contribution in [1.82, 2.24) is 15.5 Å². The average Bonchev–Trinajstić information content (AvgIpc) is 2.76. The lowest BCUT2D eigenvalue weighted by Crippen LogP contribution is -2.51. The van der Waals surface area contributed by atoms with Crippen LogP contribution in [0.3, 0.4) is 0 Å². The van der Waals surface area contributed by atoms with Crippen LogP contribution in [-0.4, -0.2) is 39.1 Å². The fourth-order valence-corrected chi connectivity index (χ4v) is 2.62. The van der Waals surface area contributed by atoms with Gasteiger partial charge in [-0.25, -0.2) is 0 Å². The summed E-state index contributed by atoms with van der Waals surface area (Å²) in [4.78, 5) is 11.2. The molecule has 0 saturated heterocycles. The summed E-state index contributed by atoms with van der Waals surface area (Å²) in [6.07, 6.45) is 0.909. The van der Waals surface area contributed by atoms with E-state index in [1.54, 1.807) is 12.4 Å². The highest BCUT2D eigenvalue weighted by atomic mass is 32.2. The van der Waals surface area contributed by atoms with Crippen LogP contribution in [0.25, 0.3) is 0 Å². The zero-order valence-corrected chi connectivity index (χ0v) is 10.9. The Balaban J connectivity index is 2.53. The maximum atomic E-state index is 11.2. The number of carboxylic acids is 1. The third-order valence-electron chi connectivity index (χ3n) is 2.06. The molecule has 0 aliphatic heterocycles. The van der Waals surface area contributed by atoms with Gasteiger partial charge in [0.1, 0.15) is 11.0 Å². The van der Waals surface area contributed by atoms with Gasteiger partial charge in [-0.3, -0.25) is 4.79 Å². The van der Waals surface area contributed by atoms with Crippen LogP contribution in [0, 0.1) is 0 Å². The van der Waals surface area contributed by atoms with Crippen LogP contribution in [0.1, 0.15) is 20.3 Å². The molecule has 0 aliphatic carbocycles. The number of nitrogens with zero attached hydrogens (tertiary/aromatic N) is 2. The maximum Gasteiger partial charge on any atom is 0.324 e. The van der Waals surface area contributed by atoms with Crippen LogP contribution in [0.4, 0.5) is 0 Å². The smallest absolute Gasteiger partial charge is 0.324 e. The first-order valence-corrected chi connectivity index (χ1v) is 6.82. The van der Waals surface area contributed by atoms with Crippen molar-refractivity contribution in [3.8, 4) is 0 Å². The van der Waals surface area contributed by atoms with Gasteiger partial charge < -0.3 is 10.4 Å². The summed E-state index contributed by atoms with van der Waals surface area (Å²) < 4.78 is 0.797. The second-order valence-electron chi connectivity index (χ2n) is 3.56. The number of rotatable bonds is 7. The molecule has 90 valence electrons. The van der Waals surface area contributed by atoms with Crippen LogP contribution in [0.15, 0.2) is 9.85 Å². The largest absolute Gasteiger partial charge is 0.480 e. The number of aliphatic carboxylic acids is 1. The number of carbonyl (C=O) groups is 1. The van der Waals surface area contributed by atoms with Crippen LogP contribution in [-0.2, 0) is 4.79 Å². The molecule has 0 spiro atoms. The lowest BCUT2D eigenvalue weighted by molar-refractivity contribution is -0.143. The molecule has 1 unspecified atom stereocenters. The molecule has 7 heteroatoms. The van der Waals surface area contributed by atoms with E-state index in [9.17, 15) is 9.90 Å². The topological polar surface area (TPSA) is 75.1 Å². The van der Waals surface area contributed by atoms with Crippen molar-refractivity contribution >= 4 is 29.1 Å². The molecule has 0 bridgehead atoms. The Hall–Kier alpha value is -0.660. The molecule has 0 fully saturated rings. The molecule has 2 N–H and O–H groups in total.